The van der Waals surface area contributed by atoms with Crippen LogP contribution in [0.3, 0.4) is 0 Å². The zero-order valence-corrected chi connectivity index (χ0v) is 13.9. The van der Waals surface area contributed by atoms with Crippen molar-refractivity contribution in [3.8, 4) is 0 Å². The van der Waals surface area contributed by atoms with Crippen molar-refractivity contribution in [3.63, 3.8) is 0 Å². The van der Waals surface area contributed by atoms with Gasteiger partial charge in [-0.25, -0.2) is 8.42 Å². The molecule has 0 radical (unpaired) electrons. The normalized spacial score (nSPS) is 11.5. The highest BCUT2D eigenvalue weighted by atomic mass is 32.2. The van der Waals surface area contributed by atoms with Crippen LogP contribution in [0.2, 0.25) is 0 Å². The van der Waals surface area contributed by atoms with Gasteiger partial charge in [-0.05, 0) is 38.8 Å². The second kappa shape index (κ2) is 7.45. The van der Waals surface area contributed by atoms with Crippen LogP contribution in [-0.2, 0) is 14.8 Å². The average molecular weight is 312 g/mol. The van der Waals surface area contributed by atoms with E-state index in [1.807, 2.05) is 39.0 Å². The van der Waals surface area contributed by atoms with E-state index in [0.717, 1.165) is 5.56 Å². The minimum Gasteiger partial charge on any atom is -0.354 e. The highest BCUT2D eigenvalue weighted by Gasteiger charge is 2.18. The van der Waals surface area contributed by atoms with Gasteiger partial charge in [-0.15, -0.1) is 0 Å². The van der Waals surface area contributed by atoms with Crippen LogP contribution < -0.4 is 9.62 Å². The summed E-state index contributed by atoms with van der Waals surface area (Å²) in [5.74, 6) is -0.0526. The van der Waals surface area contributed by atoms with Gasteiger partial charge < -0.3 is 5.32 Å². The Bertz CT molecular complexity index is 582. The lowest BCUT2D eigenvalue weighted by molar-refractivity contribution is -0.121. The molecule has 0 aliphatic rings. The number of sulfonamides is 1. The molecule has 0 unspecified atom stereocenters. The van der Waals surface area contributed by atoms with E-state index in [9.17, 15) is 13.2 Å². The van der Waals surface area contributed by atoms with Crippen LogP contribution >= 0.6 is 0 Å². The molecule has 118 valence electrons. The molecule has 0 fully saturated rings. The lowest BCUT2D eigenvalue weighted by atomic mass is 10.2. The van der Waals surface area contributed by atoms with Gasteiger partial charge in [0.25, 0.3) is 0 Å². The summed E-state index contributed by atoms with van der Waals surface area (Å²) in [4.78, 5) is 11.6. The molecule has 21 heavy (non-hydrogen) atoms. The number of hydrogen-bond donors (Lipinski definition) is 1. The van der Waals surface area contributed by atoms with Gasteiger partial charge in [0.1, 0.15) is 0 Å². The second-order valence-corrected chi connectivity index (χ2v) is 7.35. The van der Waals surface area contributed by atoms with Crippen LogP contribution in [-0.4, -0.2) is 33.2 Å². The number of para-hydroxylation sites is 1. The maximum atomic E-state index is 12.0. The summed E-state index contributed by atoms with van der Waals surface area (Å²) in [6.45, 7) is 5.97. The molecule has 0 heterocycles. The van der Waals surface area contributed by atoms with Crippen molar-refractivity contribution in [2.24, 2.45) is 0 Å². The molecular weight excluding hydrogens is 288 g/mol. The maximum absolute atomic E-state index is 12.0. The van der Waals surface area contributed by atoms with E-state index >= 15 is 0 Å². The number of anilines is 1. The van der Waals surface area contributed by atoms with Crippen molar-refractivity contribution in [2.75, 3.05) is 17.1 Å². The number of carbonyl (C=O) groups excluding carboxylic acids is 1. The molecule has 1 aromatic carbocycles. The van der Waals surface area contributed by atoms with E-state index in [2.05, 4.69) is 5.32 Å². The smallest absolute Gasteiger partial charge is 0.232 e. The van der Waals surface area contributed by atoms with Crippen LogP contribution in [0, 0.1) is 6.92 Å². The SMILES string of the molecule is Cc1ccccc1N(CCCC(=O)NC(C)C)S(C)(=O)=O. The molecule has 6 heteroatoms. The number of hydrogen-bond acceptors (Lipinski definition) is 3. The predicted octanol–water partition coefficient (Wildman–Crippen LogP) is 2.07. The number of carbonyl (C=O) groups is 1. The minimum absolute atomic E-state index is 0.0526. The number of nitrogens with one attached hydrogen (secondary N) is 1. The zero-order chi connectivity index (χ0) is 16.0. The zero-order valence-electron chi connectivity index (χ0n) is 13.1. The Morgan fingerprint density at radius 1 is 1.29 bits per heavy atom. The van der Waals surface area contributed by atoms with Gasteiger partial charge >= 0.3 is 0 Å². The summed E-state index contributed by atoms with van der Waals surface area (Å²) in [5.41, 5.74) is 1.57. The molecule has 1 amide bonds. The first kappa shape index (κ1) is 17.5. The Labute approximate surface area is 127 Å². The van der Waals surface area contributed by atoms with Gasteiger partial charge in [-0.1, -0.05) is 18.2 Å². The molecule has 0 aliphatic carbocycles. The highest BCUT2D eigenvalue weighted by Crippen LogP contribution is 2.22. The van der Waals surface area contributed by atoms with Gasteiger partial charge in [-0.3, -0.25) is 9.10 Å². The van der Waals surface area contributed by atoms with Crippen molar-refractivity contribution >= 4 is 21.6 Å². The molecule has 1 rings (SSSR count). The van der Waals surface area contributed by atoms with Crippen LogP contribution in [0.1, 0.15) is 32.3 Å². The molecule has 0 spiro atoms. The van der Waals surface area contributed by atoms with Gasteiger partial charge in [0, 0.05) is 19.0 Å². The summed E-state index contributed by atoms with van der Waals surface area (Å²) >= 11 is 0. The predicted molar refractivity (Wildman–Crippen MR) is 85.9 cm³/mol. The third kappa shape index (κ3) is 5.75. The van der Waals surface area contributed by atoms with Gasteiger partial charge in [0.2, 0.25) is 15.9 Å². The third-order valence-electron chi connectivity index (χ3n) is 3.00. The third-order valence-corrected chi connectivity index (χ3v) is 4.18. The summed E-state index contributed by atoms with van der Waals surface area (Å²) in [6.07, 6.45) is 1.99. The van der Waals surface area contributed by atoms with E-state index in [1.54, 1.807) is 6.07 Å². The van der Waals surface area contributed by atoms with E-state index in [-0.39, 0.29) is 11.9 Å². The van der Waals surface area contributed by atoms with Crippen LogP contribution in [0.25, 0.3) is 0 Å². The van der Waals surface area contributed by atoms with Gasteiger partial charge in [0.15, 0.2) is 0 Å². The molecule has 0 saturated carbocycles. The second-order valence-electron chi connectivity index (χ2n) is 5.45. The fourth-order valence-electron chi connectivity index (χ4n) is 2.09. The number of amides is 1. The molecule has 0 atom stereocenters. The van der Waals surface area contributed by atoms with Crippen molar-refractivity contribution < 1.29 is 13.2 Å². The average Bonchev–Trinajstić information content (AvgIpc) is 2.33. The standard InChI is InChI=1S/C15H24N2O3S/c1-12(2)16-15(18)10-7-11-17(21(4,19)20)14-9-6-5-8-13(14)3/h5-6,8-9,12H,7,10-11H2,1-4H3,(H,16,18). The summed E-state index contributed by atoms with van der Waals surface area (Å²) in [5, 5.41) is 2.80. The van der Waals surface area contributed by atoms with Gasteiger partial charge in [0.05, 0.1) is 11.9 Å². The maximum Gasteiger partial charge on any atom is 0.232 e. The first-order chi connectivity index (χ1) is 9.71. The molecule has 1 aromatic rings. The number of aryl methyl sites for hydroxylation is 1. The summed E-state index contributed by atoms with van der Waals surface area (Å²) < 4.78 is 25.3. The quantitative estimate of drug-likeness (QED) is 0.838. The van der Waals surface area contributed by atoms with Crippen molar-refractivity contribution in [2.45, 2.75) is 39.7 Å². The Morgan fingerprint density at radius 2 is 1.90 bits per heavy atom. The topological polar surface area (TPSA) is 66.5 Å². The van der Waals surface area contributed by atoms with Crippen molar-refractivity contribution in [3.05, 3.63) is 29.8 Å². The molecular formula is C15H24N2O3S. The van der Waals surface area contributed by atoms with E-state index in [4.69, 9.17) is 0 Å². The lowest BCUT2D eigenvalue weighted by Gasteiger charge is -2.24. The fraction of sp³-hybridized carbons (Fsp3) is 0.533. The Morgan fingerprint density at radius 3 is 2.43 bits per heavy atom. The molecule has 0 saturated heterocycles. The molecule has 1 N–H and O–H groups in total. The van der Waals surface area contributed by atoms with E-state index in [0.29, 0.717) is 25.1 Å². The Hall–Kier alpha value is -1.56. The van der Waals surface area contributed by atoms with Crippen molar-refractivity contribution in [1.82, 2.24) is 5.32 Å². The highest BCUT2D eigenvalue weighted by molar-refractivity contribution is 7.92. The number of benzene rings is 1. The first-order valence-electron chi connectivity index (χ1n) is 7.04. The monoisotopic (exact) mass is 312 g/mol. The van der Waals surface area contributed by atoms with Gasteiger partial charge in [-0.2, -0.15) is 0 Å². The largest absolute Gasteiger partial charge is 0.354 e. The summed E-state index contributed by atoms with van der Waals surface area (Å²) in [7, 11) is -3.36. The Kier molecular flexibility index (Phi) is 6.20. The van der Waals surface area contributed by atoms with Crippen molar-refractivity contribution in [1.29, 1.82) is 0 Å². The minimum atomic E-state index is -3.36. The van der Waals surface area contributed by atoms with Crippen LogP contribution in [0.15, 0.2) is 24.3 Å². The number of nitrogens with zero attached hydrogens (tertiary/aromatic N) is 1. The molecule has 5 nitrogen and oxygen atoms in total. The fourth-order valence-corrected chi connectivity index (χ4v) is 3.11. The lowest BCUT2D eigenvalue weighted by Crippen LogP contribution is -2.34. The van der Waals surface area contributed by atoms with Crippen LogP contribution in [0.5, 0.6) is 0 Å². The first-order valence-corrected chi connectivity index (χ1v) is 8.89. The van der Waals surface area contributed by atoms with E-state index < -0.39 is 10.0 Å². The molecule has 0 aromatic heterocycles. The summed E-state index contributed by atoms with van der Waals surface area (Å²) in [6, 6.07) is 7.44. The molecule has 0 aliphatic heterocycles. The number of rotatable bonds is 7. The Balaban J connectivity index is 2.74. The molecule has 0 bridgehead atoms. The van der Waals surface area contributed by atoms with E-state index in [1.165, 1.54) is 10.6 Å². The van der Waals surface area contributed by atoms with Crippen LogP contribution in [0.4, 0.5) is 5.69 Å².